The summed E-state index contributed by atoms with van der Waals surface area (Å²) >= 11 is 1.24. The summed E-state index contributed by atoms with van der Waals surface area (Å²) in [4.78, 5) is 40.9. The molecule has 3 rings (SSSR count). The van der Waals surface area contributed by atoms with Gasteiger partial charge in [-0.3, -0.25) is 19.3 Å². The summed E-state index contributed by atoms with van der Waals surface area (Å²) in [5.41, 5.74) is 0. The Hall–Kier alpha value is -2.65. The molecule has 0 spiro atoms. The number of thiophene rings is 1. The van der Waals surface area contributed by atoms with Crippen LogP contribution >= 0.6 is 11.3 Å². The lowest BCUT2D eigenvalue weighted by atomic mass is 10.3. The maximum Gasteiger partial charge on any atom is 0.291 e. The Morgan fingerprint density at radius 2 is 1.93 bits per heavy atom. The molecule has 150 valence electrons. The molecule has 2 aromatic rings. The summed E-state index contributed by atoms with van der Waals surface area (Å²) in [5, 5.41) is 6.19. The lowest BCUT2D eigenvalue weighted by molar-refractivity contribution is -0.122. The normalized spacial score (nSPS) is 14.7. The number of nitrogens with one attached hydrogen (secondary N) is 2. The molecule has 0 bridgehead atoms. The van der Waals surface area contributed by atoms with Crippen molar-refractivity contribution in [1.82, 2.24) is 15.1 Å². The van der Waals surface area contributed by atoms with Crippen LogP contribution in [-0.4, -0.2) is 66.8 Å². The minimum absolute atomic E-state index is 0.0248. The molecule has 28 heavy (non-hydrogen) atoms. The van der Waals surface area contributed by atoms with Crippen molar-refractivity contribution >= 4 is 34.1 Å². The highest BCUT2D eigenvalue weighted by molar-refractivity contribution is 7.18. The van der Waals surface area contributed by atoms with Crippen molar-refractivity contribution in [2.45, 2.75) is 13.3 Å². The fraction of sp³-hybridized carbons (Fsp3) is 0.421. The Morgan fingerprint density at radius 3 is 2.61 bits per heavy atom. The van der Waals surface area contributed by atoms with Crippen molar-refractivity contribution in [2.24, 2.45) is 0 Å². The molecule has 2 aromatic heterocycles. The number of hydrogen-bond acceptors (Lipinski definition) is 6. The van der Waals surface area contributed by atoms with Crippen LogP contribution in [0.25, 0.3) is 0 Å². The van der Waals surface area contributed by atoms with Crippen LogP contribution in [0.2, 0.25) is 0 Å². The van der Waals surface area contributed by atoms with Gasteiger partial charge in [0.05, 0.1) is 22.7 Å². The highest BCUT2D eigenvalue weighted by atomic mass is 32.1. The molecule has 0 unspecified atom stereocenters. The predicted molar refractivity (Wildman–Crippen MR) is 107 cm³/mol. The number of amides is 3. The molecule has 9 heteroatoms. The Morgan fingerprint density at radius 1 is 1.14 bits per heavy atom. The minimum Gasteiger partial charge on any atom is -0.459 e. The van der Waals surface area contributed by atoms with Crippen LogP contribution in [0.3, 0.4) is 0 Å². The summed E-state index contributed by atoms with van der Waals surface area (Å²) in [5.74, 6) is -0.156. The molecule has 1 saturated heterocycles. The number of rotatable bonds is 7. The maximum absolute atomic E-state index is 12.7. The standard InChI is InChI=1S/C19H24N4O4S/c1-2-7-20-16(24)13-22-8-10-23(11-9-22)19(26)15-5-6-17(28-15)21-18(25)14-4-3-12-27-14/h3-6,12H,2,7-11,13H2,1H3,(H,20,24)(H,21,25). The SMILES string of the molecule is CCCNC(=O)CN1CCN(C(=O)c2ccc(NC(=O)c3ccco3)s2)CC1. The van der Waals surface area contributed by atoms with Crippen molar-refractivity contribution in [3.63, 3.8) is 0 Å². The molecule has 0 atom stereocenters. The van der Waals surface area contributed by atoms with E-state index in [-0.39, 0.29) is 23.5 Å². The number of carbonyl (C=O) groups is 3. The zero-order chi connectivity index (χ0) is 19.9. The molecular weight excluding hydrogens is 380 g/mol. The minimum atomic E-state index is -0.346. The van der Waals surface area contributed by atoms with Crippen molar-refractivity contribution < 1.29 is 18.8 Å². The Labute approximate surface area is 167 Å². The second kappa shape index (κ2) is 9.52. The van der Waals surface area contributed by atoms with E-state index < -0.39 is 0 Å². The van der Waals surface area contributed by atoms with Gasteiger partial charge in [-0.25, -0.2) is 0 Å². The van der Waals surface area contributed by atoms with E-state index in [0.717, 1.165) is 6.42 Å². The largest absolute Gasteiger partial charge is 0.459 e. The van der Waals surface area contributed by atoms with Gasteiger partial charge in [-0.05, 0) is 30.7 Å². The van der Waals surface area contributed by atoms with E-state index in [0.29, 0.717) is 49.1 Å². The zero-order valence-corrected chi connectivity index (χ0v) is 16.6. The van der Waals surface area contributed by atoms with Crippen molar-refractivity contribution in [2.75, 3.05) is 44.6 Å². The number of carbonyl (C=O) groups excluding carboxylic acids is 3. The topological polar surface area (TPSA) is 94.9 Å². The predicted octanol–water partition coefficient (Wildman–Crippen LogP) is 1.88. The maximum atomic E-state index is 12.7. The molecule has 0 aromatic carbocycles. The molecule has 3 heterocycles. The molecule has 1 aliphatic heterocycles. The van der Waals surface area contributed by atoms with Gasteiger partial charge < -0.3 is 20.0 Å². The smallest absolute Gasteiger partial charge is 0.291 e. The zero-order valence-electron chi connectivity index (χ0n) is 15.8. The van der Waals surface area contributed by atoms with Crippen molar-refractivity contribution in [3.8, 4) is 0 Å². The van der Waals surface area contributed by atoms with Crippen molar-refractivity contribution in [1.29, 1.82) is 0 Å². The lowest BCUT2D eigenvalue weighted by Crippen LogP contribution is -2.51. The summed E-state index contributed by atoms with van der Waals surface area (Å²) in [6, 6.07) is 6.66. The van der Waals surface area contributed by atoms with E-state index in [2.05, 4.69) is 15.5 Å². The van der Waals surface area contributed by atoms with Crippen LogP contribution in [0.4, 0.5) is 5.00 Å². The third-order valence-corrected chi connectivity index (χ3v) is 5.39. The summed E-state index contributed by atoms with van der Waals surface area (Å²) in [6.45, 7) is 5.55. The second-order valence-electron chi connectivity index (χ2n) is 6.51. The monoisotopic (exact) mass is 404 g/mol. The summed E-state index contributed by atoms with van der Waals surface area (Å²) in [6.07, 6.45) is 2.35. The van der Waals surface area contributed by atoms with Gasteiger partial charge in [0, 0.05) is 32.7 Å². The molecular formula is C19H24N4O4S. The van der Waals surface area contributed by atoms with Crippen LogP contribution in [-0.2, 0) is 4.79 Å². The van der Waals surface area contributed by atoms with Crippen molar-refractivity contribution in [3.05, 3.63) is 41.2 Å². The first kappa shape index (κ1) is 20.1. The highest BCUT2D eigenvalue weighted by Crippen LogP contribution is 2.24. The van der Waals surface area contributed by atoms with Gasteiger partial charge in [0.25, 0.3) is 11.8 Å². The lowest BCUT2D eigenvalue weighted by Gasteiger charge is -2.34. The number of furan rings is 1. The Kier molecular flexibility index (Phi) is 6.83. The van der Waals surface area contributed by atoms with Crippen LogP contribution < -0.4 is 10.6 Å². The Balaban J connectivity index is 1.48. The molecule has 8 nitrogen and oxygen atoms in total. The number of piperazine rings is 1. The average Bonchev–Trinajstić information content (AvgIpc) is 3.38. The number of anilines is 1. The average molecular weight is 404 g/mol. The van der Waals surface area contributed by atoms with Crippen LogP contribution in [0.5, 0.6) is 0 Å². The first-order valence-corrected chi connectivity index (χ1v) is 10.1. The van der Waals surface area contributed by atoms with Crippen LogP contribution in [0.1, 0.15) is 33.6 Å². The third kappa shape index (κ3) is 5.20. The molecule has 0 radical (unpaired) electrons. The third-order valence-electron chi connectivity index (χ3n) is 4.40. The van der Waals surface area contributed by atoms with Gasteiger partial charge in [-0.2, -0.15) is 0 Å². The second-order valence-corrected chi connectivity index (χ2v) is 7.60. The van der Waals surface area contributed by atoms with Gasteiger partial charge in [-0.15, -0.1) is 11.3 Å². The molecule has 3 amide bonds. The summed E-state index contributed by atoms with van der Waals surface area (Å²) < 4.78 is 5.06. The van der Waals surface area contributed by atoms with Crippen LogP contribution in [0.15, 0.2) is 34.9 Å². The first-order valence-electron chi connectivity index (χ1n) is 9.30. The van der Waals surface area contributed by atoms with Gasteiger partial charge in [0.15, 0.2) is 5.76 Å². The van der Waals surface area contributed by atoms with E-state index in [1.807, 2.05) is 6.92 Å². The van der Waals surface area contributed by atoms with Gasteiger partial charge >= 0.3 is 0 Å². The van der Waals surface area contributed by atoms with Gasteiger partial charge in [0.2, 0.25) is 5.91 Å². The molecule has 1 aliphatic rings. The number of hydrogen-bond donors (Lipinski definition) is 2. The van der Waals surface area contributed by atoms with Crippen LogP contribution in [0, 0.1) is 0 Å². The number of nitrogens with zero attached hydrogens (tertiary/aromatic N) is 2. The van der Waals surface area contributed by atoms with E-state index in [9.17, 15) is 14.4 Å². The molecule has 0 saturated carbocycles. The van der Waals surface area contributed by atoms with E-state index in [4.69, 9.17) is 4.42 Å². The first-order chi connectivity index (χ1) is 13.6. The fourth-order valence-electron chi connectivity index (χ4n) is 2.89. The Bertz CT molecular complexity index is 810. The highest BCUT2D eigenvalue weighted by Gasteiger charge is 2.24. The van der Waals surface area contributed by atoms with E-state index in [1.54, 1.807) is 29.2 Å². The molecule has 0 aliphatic carbocycles. The van der Waals surface area contributed by atoms with E-state index in [1.165, 1.54) is 17.6 Å². The quantitative estimate of drug-likeness (QED) is 0.735. The molecule has 1 fully saturated rings. The molecule has 2 N–H and O–H groups in total. The summed E-state index contributed by atoms with van der Waals surface area (Å²) in [7, 11) is 0. The van der Waals surface area contributed by atoms with E-state index >= 15 is 0 Å². The fourth-order valence-corrected chi connectivity index (χ4v) is 3.76. The van der Waals surface area contributed by atoms with Gasteiger partial charge in [-0.1, -0.05) is 6.92 Å². The van der Waals surface area contributed by atoms with Gasteiger partial charge in [0.1, 0.15) is 0 Å².